The Morgan fingerprint density at radius 2 is 2.31 bits per heavy atom. The molecule has 4 heteroatoms. The van der Waals surface area contributed by atoms with Gasteiger partial charge in [-0.15, -0.1) is 0 Å². The van der Waals surface area contributed by atoms with Crippen LogP contribution in [0.4, 0.5) is 0 Å². The number of hydrogen-bond donors (Lipinski definition) is 1. The number of esters is 1. The number of fused-ring (bicyclic) bond motifs is 1. The average molecular weight is 224 g/mol. The molecule has 0 bridgehead atoms. The summed E-state index contributed by atoms with van der Waals surface area (Å²) in [5.74, 6) is -0.380. The van der Waals surface area contributed by atoms with Gasteiger partial charge in [-0.3, -0.25) is 0 Å². The Hall–Kier alpha value is -1.13. The van der Waals surface area contributed by atoms with E-state index in [1.54, 1.807) is 13.0 Å². The van der Waals surface area contributed by atoms with E-state index in [4.69, 9.17) is 9.47 Å². The van der Waals surface area contributed by atoms with Gasteiger partial charge in [-0.1, -0.05) is 19.1 Å². The van der Waals surface area contributed by atoms with Crippen LogP contribution in [0.3, 0.4) is 0 Å². The van der Waals surface area contributed by atoms with E-state index in [9.17, 15) is 9.90 Å². The Morgan fingerprint density at radius 3 is 3.00 bits per heavy atom. The molecule has 1 saturated heterocycles. The molecular formula is C12H16O4. The maximum absolute atomic E-state index is 11.4. The minimum atomic E-state index is -0.771. The normalized spacial score (nSPS) is 38.4. The van der Waals surface area contributed by atoms with Crippen molar-refractivity contribution in [3.63, 3.8) is 0 Å². The van der Waals surface area contributed by atoms with E-state index < -0.39 is 6.10 Å². The maximum Gasteiger partial charge on any atom is 0.336 e. The van der Waals surface area contributed by atoms with Gasteiger partial charge in [-0.2, -0.15) is 0 Å². The van der Waals surface area contributed by atoms with Crippen LogP contribution in [0.1, 0.15) is 20.3 Å². The zero-order valence-electron chi connectivity index (χ0n) is 9.42. The SMILES string of the molecule is CC/C=C/[C@H]1O[C@H]2C(=C[C@H]1O)C(=O)O[C@H]2C. The highest BCUT2D eigenvalue weighted by molar-refractivity contribution is 5.92. The van der Waals surface area contributed by atoms with Crippen LogP contribution in [0.2, 0.25) is 0 Å². The summed E-state index contributed by atoms with van der Waals surface area (Å²) in [6.45, 7) is 3.81. The van der Waals surface area contributed by atoms with Gasteiger partial charge in [-0.05, 0) is 19.4 Å². The van der Waals surface area contributed by atoms with Crippen LogP contribution in [-0.2, 0) is 14.3 Å². The Balaban J connectivity index is 2.19. The summed E-state index contributed by atoms with van der Waals surface area (Å²) in [5.41, 5.74) is 0.446. The van der Waals surface area contributed by atoms with Crippen molar-refractivity contribution in [2.45, 2.75) is 44.7 Å². The molecule has 0 unspecified atom stereocenters. The zero-order valence-corrected chi connectivity index (χ0v) is 9.42. The molecular weight excluding hydrogens is 208 g/mol. The average Bonchev–Trinajstić information content (AvgIpc) is 2.51. The molecule has 2 heterocycles. The number of cyclic esters (lactones) is 1. The van der Waals surface area contributed by atoms with E-state index in [0.29, 0.717) is 5.57 Å². The first-order valence-electron chi connectivity index (χ1n) is 5.56. The van der Waals surface area contributed by atoms with Crippen molar-refractivity contribution in [1.29, 1.82) is 0 Å². The molecule has 0 amide bonds. The topological polar surface area (TPSA) is 55.8 Å². The van der Waals surface area contributed by atoms with Crippen LogP contribution in [0, 0.1) is 0 Å². The van der Waals surface area contributed by atoms with Crippen LogP contribution in [0.15, 0.2) is 23.8 Å². The van der Waals surface area contributed by atoms with Gasteiger partial charge in [0, 0.05) is 0 Å². The molecule has 0 aromatic rings. The van der Waals surface area contributed by atoms with Crippen LogP contribution in [0.5, 0.6) is 0 Å². The van der Waals surface area contributed by atoms with Gasteiger partial charge in [-0.25, -0.2) is 4.79 Å². The summed E-state index contributed by atoms with van der Waals surface area (Å²) < 4.78 is 10.7. The van der Waals surface area contributed by atoms with Crippen molar-refractivity contribution >= 4 is 5.97 Å². The Kier molecular flexibility index (Phi) is 3.12. The fourth-order valence-corrected chi connectivity index (χ4v) is 1.97. The van der Waals surface area contributed by atoms with Gasteiger partial charge in [0.25, 0.3) is 0 Å². The number of hydrogen-bond acceptors (Lipinski definition) is 4. The lowest BCUT2D eigenvalue weighted by molar-refractivity contribution is -0.139. The highest BCUT2D eigenvalue weighted by Gasteiger charge is 2.43. The number of allylic oxidation sites excluding steroid dienone is 1. The van der Waals surface area contributed by atoms with E-state index in [-0.39, 0.29) is 24.3 Å². The third-order valence-corrected chi connectivity index (χ3v) is 2.81. The number of carbonyl (C=O) groups excluding carboxylic acids is 1. The number of rotatable bonds is 2. The molecule has 2 aliphatic heterocycles. The van der Waals surface area contributed by atoms with Crippen LogP contribution in [0.25, 0.3) is 0 Å². The van der Waals surface area contributed by atoms with Gasteiger partial charge in [0.05, 0.1) is 5.57 Å². The highest BCUT2D eigenvalue weighted by atomic mass is 16.6. The van der Waals surface area contributed by atoms with Crippen molar-refractivity contribution in [1.82, 2.24) is 0 Å². The van der Waals surface area contributed by atoms with Crippen molar-refractivity contribution < 1.29 is 19.4 Å². The minimum Gasteiger partial charge on any atom is -0.456 e. The third kappa shape index (κ3) is 1.90. The van der Waals surface area contributed by atoms with Crippen molar-refractivity contribution in [2.24, 2.45) is 0 Å². The number of carbonyl (C=O) groups is 1. The fraction of sp³-hybridized carbons (Fsp3) is 0.583. The quantitative estimate of drug-likeness (QED) is 0.560. The molecule has 0 spiro atoms. The van der Waals surface area contributed by atoms with Crippen molar-refractivity contribution in [3.8, 4) is 0 Å². The molecule has 1 fully saturated rings. The Morgan fingerprint density at radius 1 is 1.56 bits per heavy atom. The molecule has 4 nitrogen and oxygen atoms in total. The smallest absolute Gasteiger partial charge is 0.336 e. The number of aliphatic hydroxyl groups excluding tert-OH is 1. The first kappa shape index (κ1) is 11.4. The summed E-state index contributed by atoms with van der Waals surface area (Å²) in [4.78, 5) is 11.4. The molecule has 0 saturated carbocycles. The van der Waals surface area contributed by atoms with E-state index in [2.05, 4.69) is 0 Å². The number of aliphatic hydroxyl groups is 1. The van der Waals surface area contributed by atoms with Gasteiger partial charge in [0.1, 0.15) is 24.4 Å². The molecule has 1 N–H and O–H groups in total. The minimum absolute atomic E-state index is 0.274. The van der Waals surface area contributed by atoms with Crippen LogP contribution in [-0.4, -0.2) is 35.5 Å². The second-order valence-electron chi connectivity index (χ2n) is 4.08. The second-order valence-corrected chi connectivity index (χ2v) is 4.08. The van der Waals surface area contributed by atoms with Gasteiger partial charge in [0.2, 0.25) is 0 Å². The van der Waals surface area contributed by atoms with E-state index >= 15 is 0 Å². The van der Waals surface area contributed by atoms with Gasteiger partial charge in [0.15, 0.2) is 0 Å². The van der Waals surface area contributed by atoms with Crippen molar-refractivity contribution in [3.05, 3.63) is 23.8 Å². The molecule has 88 valence electrons. The molecule has 0 aromatic carbocycles. The van der Waals surface area contributed by atoms with Crippen molar-refractivity contribution in [2.75, 3.05) is 0 Å². The standard InChI is InChI=1S/C12H16O4/c1-3-4-5-10-9(13)6-8-11(16-10)7(2)15-12(8)14/h4-7,9-11,13H,3H2,1-2H3/b5-4+/t7-,9+,10+,11+/m0/s1. The maximum atomic E-state index is 11.4. The van der Waals surface area contributed by atoms with E-state index in [1.165, 1.54) is 0 Å². The molecule has 16 heavy (non-hydrogen) atoms. The summed E-state index contributed by atoms with van der Waals surface area (Å²) in [6.07, 6.45) is 4.43. The Bertz CT molecular complexity index is 345. The third-order valence-electron chi connectivity index (χ3n) is 2.81. The van der Waals surface area contributed by atoms with Gasteiger partial charge < -0.3 is 14.6 Å². The predicted octanol–water partition coefficient (Wildman–Crippen LogP) is 0.953. The number of ether oxygens (including phenoxy) is 2. The van der Waals surface area contributed by atoms with Gasteiger partial charge >= 0.3 is 5.97 Å². The molecule has 2 aliphatic rings. The molecule has 0 radical (unpaired) electrons. The van der Waals surface area contributed by atoms with Crippen LogP contribution < -0.4 is 0 Å². The van der Waals surface area contributed by atoms with E-state index in [0.717, 1.165) is 6.42 Å². The molecule has 4 atom stereocenters. The zero-order chi connectivity index (χ0) is 11.7. The lowest BCUT2D eigenvalue weighted by atomic mass is 9.99. The molecule has 0 aliphatic carbocycles. The molecule has 0 aromatic heterocycles. The predicted molar refractivity (Wildman–Crippen MR) is 57.7 cm³/mol. The fourth-order valence-electron chi connectivity index (χ4n) is 1.97. The second kappa shape index (κ2) is 4.39. The highest BCUT2D eigenvalue weighted by Crippen LogP contribution is 2.30. The summed E-state index contributed by atoms with van der Waals surface area (Å²) >= 11 is 0. The summed E-state index contributed by atoms with van der Waals surface area (Å²) in [6, 6.07) is 0. The lowest BCUT2D eigenvalue weighted by Gasteiger charge is -2.28. The van der Waals surface area contributed by atoms with E-state index in [1.807, 2.05) is 19.1 Å². The summed E-state index contributed by atoms with van der Waals surface area (Å²) in [5, 5.41) is 9.79. The first-order chi connectivity index (χ1) is 7.63. The first-order valence-corrected chi connectivity index (χ1v) is 5.56. The molecule has 2 rings (SSSR count). The summed E-state index contributed by atoms with van der Waals surface area (Å²) in [7, 11) is 0. The van der Waals surface area contributed by atoms with Crippen LogP contribution >= 0.6 is 0 Å². The lowest BCUT2D eigenvalue weighted by Crippen LogP contribution is -2.38. The monoisotopic (exact) mass is 224 g/mol. The largest absolute Gasteiger partial charge is 0.456 e. The Labute approximate surface area is 94.5 Å².